The van der Waals surface area contributed by atoms with Crippen LogP contribution in [0.25, 0.3) is 32.9 Å². The predicted molar refractivity (Wildman–Crippen MR) is 269 cm³/mol. The Hall–Kier alpha value is -6.27. The molecule has 0 saturated heterocycles. The first-order valence-corrected chi connectivity index (χ1v) is 22.5. The van der Waals surface area contributed by atoms with Gasteiger partial charge in [-0.2, -0.15) is 0 Å². The zero-order valence-corrected chi connectivity index (χ0v) is 39.0. The molecule has 0 atom stereocenters. The predicted octanol–water partition coefficient (Wildman–Crippen LogP) is 13.1. The van der Waals surface area contributed by atoms with Crippen LogP contribution in [0.4, 0.5) is 34.1 Å². The van der Waals surface area contributed by atoms with Crippen molar-refractivity contribution in [3.63, 3.8) is 0 Å². The van der Waals surface area contributed by atoms with E-state index in [0.717, 1.165) is 28.3 Å². The van der Waals surface area contributed by atoms with E-state index in [2.05, 4.69) is 219 Å². The summed E-state index contributed by atoms with van der Waals surface area (Å²) in [6.45, 7) is 27.8. The molecular weight excluding hydrogens is 765 g/mol. The molecule has 314 valence electrons. The van der Waals surface area contributed by atoms with Gasteiger partial charge in [0.15, 0.2) is 5.82 Å². The van der Waals surface area contributed by atoms with E-state index < -0.39 is 0 Å². The normalized spacial score (nSPS) is 13.9. The monoisotopic (exact) mass is 823 g/mol. The van der Waals surface area contributed by atoms with E-state index in [1.165, 1.54) is 71.6 Å². The highest BCUT2D eigenvalue weighted by Gasteiger charge is 2.46. The summed E-state index contributed by atoms with van der Waals surface area (Å²) in [6, 6.07) is 46.6. The standard InChI is InChI=1S/C57H58BN5/c1-54(2,3)38-27-39(55(4,5)6)30-42(29-38)62-46-23-21-35-17-13-15-19-44(35)50(46)58-51-45-20-16-14-18-36(45)22-24-47(51)63(43-31-40(56(7,8)9)28-41(32-43)57(10,11)12)49-26-37(25-48(62)52(49)58)53-60-33-59-34-61-53/h13-34H,1-12H3. The first kappa shape index (κ1) is 40.8. The van der Waals surface area contributed by atoms with E-state index >= 15 is 0 Å². The minimum Gasteiger partial charge on any atom is -0.311 e. The number of rotatable bonds is 3. The molecule has 0 aliphatic carbocycles. The fourth-order valence-electron chi connectivity index (χ4n) is 9.83. The topological polar surface area (TPSA) is 45.2 Å². The van der Waals surface area contributed by atoms with Gasteiger partial charge in [0.05, 0.1) is 0 Å². The van der Waals surface area contributed by atoms with E-state index in [0.29, 0.717) is 5.82 Å². The van der Waals surface area contributed by atoms with Gasteiger partial charge in [0, 0.05) is 39.7 Å². The fourth-order valence-corrected chi connectivity index (χ4v) is 9.83. The molecule has 0 spiro atoms. The molecule has 5 nitrogen and oxygen atoms in total. The molecule has 6 heteroatoms. The third-order valence-corrected chi connectivity index (χ3v) is 13.4. The lowest BCUT2D eigenvalue weighted by molar-refractivity contribution is 0.568. The number of benzene rings is 7. The second-order valence-electron chi connectivity index (χ2n) is 22.0. The molecule has 0 amide bonds. The minimum absolute atomic E-state index is 0.0792. The Morgan fingerprint density at radius 2 is 0.778 bits per heavy atom. The molecule has 3 heterocycles. The van der Waals surface area contributed by atoms with Crippen LogP contribution in [0.5, 0.6) is 0 Å². The van der Waals surface area contributed by atoms with Gasteiger partial charge < -0.3 is 9.80 Å². The molecule has 7 aromatic carbocycles. The van der Waals surface area contributed by atoms with Gasteiger partial charge in [-0.3, -0.25) is 0 Å². The van der Waals surface area contributed by atoms with Gasteiger partial charge in [0.25, 0.3) is 6.71 Å². The van der Waals surface area contributed by atoms with Crippen LogP contribution in [0.2, 0.25) is 0 Å². The Bertz CT molecular complexity index is 2870. The average Bonchev–Trinajstić information content (AvgIpc) is 3.24. The Morgan fingerprint density at radius 1 is 0.397 bits per heavy atom. The molecule has 2 aliphatic rings. The smallest absolute Gasteiger partial charge is 0.253 e. The van der Waals surface area contributed by atoms with Gasteiger partial charge in [-0.15, -0.1) is 0 Å². The Kier molecular flexibility index (Phi) is 9.14. The number of aromatic nitrogens is 3. The average molecular weight is 824 g/mol. The van der Waals surface area contributed by atoms with E-state index in [-0.39, 0.29) is 28.4 Å². The maximum absolute atomic E-state index is 4.80. The third-order valence-electron chi connectivity index (χ3n) is 13.4. The van der Waals surface area contributed by atoms with Crippen molar-refractivity contribution < 1.29 is 0 Å². The highest BCUT2D eigenvalue weighted by molar-refractivity contribution is 7.02. The van der Waals surface area contributed by atoms with Crippen LogP contribution in [-0.4, -0.2) is 21.7 Å². The summed E-state index contributed by atoms with van der Waals surface area (Å²) in [5, 5.41) is 5.00. The number of anilines is 6. The zero-order valence-electron chi connectivity index (χ0n) is 39.0. The summed E-state index contributed by atoms with van der Waals surface area (Å²) in [4.78, 5) is 19.0. The molecule has 10 rings (SSSR count). The number of fused-ring (bicyclic) bond motifs is 8. The Balaban J connectivity index is 1.42. The van der Waals surface area contributed by atoms with Crippen molar-refractivity contribution in [2.24, 2.45) is 0 Å². The van der Waals surface area contributed by atoms with Gasteiger partial charge in [0.2, 0.25) is 0 Å². The second kappa shape index (κ2) is 14.1. The molecule has 8 aromatic rings. The van der Waals surface area contributed by atoms with Crippen LogP contribution < -0.4 is 26.2 Å². The molecule has 0 bridgehead atoms. The maximum atomic E-state index is 4.80. The van der Waals surface area contributed by atoms with Crippen molar-refractivity contribution >= 4 is 78.8 Å². The first-order valence-electron chi connectivity index (χ1n) is 22.5. The van der Waals surface area contributed by atoms with E-state index in [1.807, 2.05) is 0 Å². The van der Waals surface area contributed by atoms with Crippen LogP contribution in [0.15, 0.2) is 134 Å². The minimum atomic E-state index is -0.0853. The van der Waals surface area contributed by atoms with Gasteiger partial charge in [-0.05, 0) is 130 Å². The van der Waals surface area contributed by atoms with Crippen LogP contribution >= 0.6 is 0 Å². The van der Waals surface area contributed by atoms with Crippen LogP contribution in [0, 0.1) is 0 Å². The number of hydrogen-bond donors (Lipinski definition) is 0. The van der Waals surface area contributed by atoms with Gasteiger partial charge in [-0.1, -0.05) is 156 Å². The van der Waals surface area contributed by atoms with Crippen molar-refractivity contribution in [3.05, 3.63) is 156 Å². The summed E-state index contributed by atoms with van der Waals surface area (Å²) in [5.41, 5.74) is 16.7. The summed E-state index contributed by atoms with van der Waals surface area (Å²) in [5.74, 6) is 0.645. The Labute approximate surface area is 374 Å². The zero-order chi connectivity index (χ0) is 44.4. The third kappa shape index (κ3) is 6.81. The molecule has 2 aliphatic heterocycles. The highest BCUT2D eigenvalue weighted by Crippen LogP contribution is 2.49. The van der Waals surface area contributed by atoms with E-state index in [1.54, 1.807) is 12.7 Å². The molecule has 0 unspecified atom stereocenters. The quantitative estimate of drug-likeness (QED) is 0.166. The van der Waals surface area contributed by atoms with Crippen molar-refractivity contribution in [2.45, 2.75) is 105 Å². The summed E-state index contributed by atoms with van der Waals surface area (Å²) in [6.07, 6.45) is 3.22. The molecule has 0 N–H and O–H groups in total. The second-order valence-corrected chi connectivity index (χ2v) is 22.0. The number of hydrogen-bond acceptors (Lipinski definition) is 5. The summed E-state index contributed by atoms with van der Waals surface area (Å²) < 4.78 is 0. The molecule has 0 radical (unpaired) electrons. The highest BCUT2D eigenvalue weighted by atomic mass is 15.2. The van der Waals surface area contributed by atoms with Crippen molar-refractivity contribution in [1.82, 2.24) is 15.0 Å². The van der Waals surface area contributed by atoms with Crippen LogP contribution in [0.3, 0.4) is 0 Å². The lowest BCUT2D eigenvalue weighted by atomic mass is 9.32. The molecule has 0 fully saturated rings. The SMILES string of the molecule is CC(C)(C)c1cc(N2c3cc(-c4ncncn4)cc4c3B(c3c2ccc2ccccc32)c2c(ccc3ccccc23)N4c2cc(C(C)(C)C)cc(C(C)(C)C)c2)cc(C(C)(C)C)c1. The molecule has 63 heavy (non-hydrogen) atoms. The molecule has 0 saturated carbocycles. The van der Waals surface area contributed by atoms with Gasteiger partial charge >= 0.3 is 0 Å². The molecular formula is C57H58BN5. The van der Waals surface area contributed by atoms with Crippen molar-refractivity contribution in [3.8, 4) is 11.4 Å². The van der Waals surface area contributed by atoms with Crippen molar-refractivity contribution in [1.29, 1.82) is 0 Å². The maximum Gasteiger partial charge on any atom is 0.253 e. The lowest BCUT2D eigenvalue weighted by Gasteiger charge is -2.45. The number of nitrogens with zero attached hydrogens (tertiary/aromatic N) is 5. The first-order chi connectivity index (χ1) is 29.8. The summed E-state index contributed by atoms with van der Waals surface area (Å²) in [7, 11) is 0. The molecule has 1 aromatic heterocycles. The van der Waals surface area contributed by atoms with E-state index in [4.69, 9.17) is 9.97 Å². The fraction of sp³-hybridized carbons (Fsp3) is 0.281. The Morgan fingerprint density at radius 3 is 1.16 bits per heavy atom. The van der Waals surface area contributed by atoms with Crippen LogP contribution in [0.1, 0.15) is 105 Å². The largest absolute Gasteiger partial charge is 0.311 e. The van der Waals surface area contributed by atoms with Gasteiger partial charge in [-0.25, -0.2) is 15.0 Å². The summed E-state index contributed by atoms with van der Waals surface area (Å²) >= 11 is 0. The van der Waals surface area contributed by atoms with Gasteiger partial charge in [0.1, 0.15) is 12.7 Å². The van der Waals surface area contributed by atoms with E-state index in [9.17, 15) is 0 Å². The van der Waals surface area contributed by atoms with Crippen molar-refractivity contribution in [2.75, 3.05) is 9.80 Å². The van der Waals surface area contributed by atoms with Crippen LogP contribution in [-0.2, 0) is 21.7 Å². The lowest BCUT2D eigenvalue weighted by Crippen LogP contribution is -2.61.